The monoisotopic (exact) mass is 781 g/mol. The minimum atomic E-state index is -0.148. The van der Waals surface area contributed by atoms with Gasteiger partial charge in [-0.15, -0.1) is 0 Å². The van der Waals surface area contributed by atoms with E-state index in [0.29, 0.717) is 0 Å². The SMILES string of the molecule is C=C\C=C/C=C(C)/C(/C=C\C=C)=C/Cc1ccc(N(C2=CC=C(C)C3C(=C2)C(C)(C)c2ccc4c(c23)Cc2ccc(C)cc2-4)C2=CCC=C(/C(C=C)=C/C=C\C)C=C2)cc1. The van der Waals surface area contributed by atoms with Crippen LogP contribution >= 0.6 is 0 Å². The molecule has 1 heteroatoms. The fourth-order valence-corrected chi connectivity index (χ4v) is 9.18. The number of fused-ring (bicyclic) bond motifs is 7. The van der Waals surface area contributed by atoms with Crippen LogP contribution in [-0.2, 0) is 18.3 Å². The molecule has 3 aromatic rings. The summed E-state index contributed by atoms with van der Waals surface area (Å²) in [5.74, 6) is 0.220. The van der Waals surface area contributed by atoms with Crippen molar-refractivity contribution < 1.29 is 0 Å². The quantitative estimate of drug-likeness (QED) is 0.122. The molecule has 0 amide bonds. The summed E-state index contributed by atoms with van der Waals surface area (Å²) in [5, 5.41) is 0. The van der Waals surface area contributed by atoms with Gasteiger partial charge in [0, 0.05) is 28.4 Å². The molecule has 7 rings (SSSR count). The van der Waals surface area contributed by atoms with Crippen LogP contribution in [0.15, 0.2) is 235 Å². The molecule has 4 aliphatic rings. The molecule has 0 radical (unpaired) electrons. The topological polar surface area (TPSA) is 3.24 Å². The normalized spacial score (nSPS) is 18.5. The zero-order valence-electron chi connectivity index (χ0n) is 36.4. The van der Waals surface area contributed by atoms with Gasteiger partial charge in [0.25, 0.3) is 0 Å². The van der Waals surface area contributed by atoms with E-state index >= 15 is 0 Å². The Morgan fingerprint density at radius 3 is 2.38 bits per heavy atom. The second-order valence-electron chi connectivity index (χ2n) is 16.7. The van der Waals surface area contributed by atoms with Crippen LogP contribution in [0.5, 0.6) is 0 Å². The molecule has 1 unspecified atom stereocenters. The fourth-order valence-electron chi connectivity index (χ4n) is 9.18. The van der Waals surface area contributed by atoms with Crippen LogP contribution in [0.25, 0.3) is 11.1 Å². The summed E-state index contributed by atoms with van der Waals surface area (Å²) in [4.78, 5) is 2.45. The van der Waals surface area contributed by atoms with Crippen molar-refractivity contribution in [3.8, 4) is 11.1 Å². The lowest BCUT2D eigenvalue weighted by molar-refractivity contribution is 0.629. The lowest BCUT2D eigenvalue weighted by atomic mass is 9.79. The third-order valence-corrected chi connectivity index (χ3v) is 12.4. The first-order chi connectivity index (χ1) is 29.1. The van der Waals surface area contributed by atoms with Gasteiger partial charge in [0.1, 0.15) is 0 Å². The summed E-state index contributed by atoms with van der Waals surface area (Å²) in [7, 11) is 0. The van der Waals surface area contributed by atoms with Gasteiger partial charge >= 0.3 is 0 Å². The van der Waals surface area contributed by atoms with Gasteiger partial charge in [-0.25, -0.2) is 0 Å². The van der Waals surface area contributed by atoms with Crippen molar-refractivity contribution in [1.29, 1.82) is 0 Å². The molecule has 0 saturated carbocycles. The molecular weight excluding hydrogens is 723 g/mol. The van der Waals surface area contributed by atoms with Gasteiger partial charge in [-0.05, 0) is 144 Å². The Morgan fingerprint density at radius 1 is 0.833 bits per heavy atom. The maximum Gasteiger partial charge on any atom is 0.0461 e. The minimum Gasteiger partial charge on any atom is -0.311 e. The van der Waals surface area contributed by atoms with Crippen LogP contribution in [0, 0.1) is 6.92 Å². The molecule has 0 aliphatic heterocycles. The highest BCUT2D eigenvalue weighted by atomic mass is 15.2. The van der Waals surface area contributed by atoms with Gasteiger partial charge in [0.15, 0.2) is 0 Å². The van der Waals surface area contributed by atoms with Gasteiger partial charge in [0.2, 0.25) is 0 Å². The average molecular weight is 782 g/mol. The molecule has 1 atom stereocenters. The van der Waals surface area contributed by atoms with Crippen LogP contribution < -0.4 is 4.90 Å². The standard InChI is InChI=1S/C59H59N/c1-10-14-17-19-42(6)46(21-16-12-3)30-26-44-27-33-50(34-28-44)60(49-23-18-22-47(31-35-49)45(13-4)20-15-11-2)51-32-25-43(7)57-56(40-51)59(8,9)55-37-36-52-53-38-41(5)24-29-48(53)39-54(52)58(55)57/h10-17,19-25,27-38,40,57H,1,3-4,18,26,39H2,2,5-9H3/b15-11-,17-14-,21-16-,42-19+,45-20+,46-30+. The molecular formula is C59H59N. The molecule has 3 aromatic carbocycles. The van der Waals surface area contributed by atoms with Gasteiger partial charge in [-0.3, -0.25) is 0 Å². The lowest BCUT2D eigenvalue weighted by Crippen LogP contribution is -2.22. The van der Waals surface area contributed by atoms with Crippen LogP contribution in [0.4, 0.5) is 5.69 Å². The zero-order chi connectivity index (χ0) is 42.4. The number of allylic oxidation sites excluding steroid dienone is 25. The van der Waals surface area contributed by atoms with Crippen molar-refractivity contribution in [3.63, 3.8) is 0 Å². The van der Waals surface area contributed by atoms with Crippen molar-refractivity contribution in [2.75, 3.05) is 4.90 Å². The summed E-state index contributed by atoms with van der Waals surface area (Å²) in [6.45, 7) is 25.4. The van der Waals surface area contributed by atoms with Crippen molar-refractivity contribution in [2.24, 2.45) is 0 Å². The molecule has 1 nitrogen and oxygen atoms in total. The van der Waals surface area contributed by atoms with Gasteiger partial charge < -0.3 is 4.90 Å². The highest BCUT2D eigenvalue weighted by Gasteiger charge is 2.45. The number of anilines is 1. The molecule has 0 heterocycles. The number of hydrogen-bond donors (Lipinski definition) is 0. The molecule has 0 saturated heterocycles. The van der Waals surface area contributed by atoms with Gasteiger partial charge in [0.05, 0.1) is 0 Å². The summed E-state index contributed by atoms with van der Waals surface area (Å²) in [6.07, 6.45) is 43.4. The van der Waals surface area contributed by atoms with Crippen LogP contribution in [0.2, 0.25) is 0 Å². The van der Waals surface area contributed by atoms with E-state index in [0.717, 1.165) is 41.9 Å². The predicted octanol–water partition coefficient (Wildman–Crippen LogP) is 15.6. The van der Waals surface area contributed by atoms with Gasteiger partial charge in [-0.1, -0.05) is 184 Å². The maximum absolute atomic E-state index is 4.14. The van der Waals surface area contributed by atoms with Crippen LogP contribution in [0.3, 0.4) is 0 Å². The van der Waals surface area contributed by atoms with E-state index in [1.807, 2.05) is 37.3 Å². The van der Waals surface area contributed by atoms with E-state index in [1.165, 1.54) is 72.4 Å². The highest BCUT2D eigenvalue weighted by Crippen LogP contribution is 2.58. The summed E-state index contributed by atoms with van der Waals surface area (Å²) < 4.78 is 0. The van der Waals surface area contributed by atoms with Crippen LogP contribution in [-0.4, -0.2) is 0 Å². The molecule has 60 heavy (non-hydrogen) atoms. The third kappa shape index (κ3) is 8.36. The number of rotatable bonds is 13. The first kappa shape index (κ1) is 41.7. The average Bonchev–Trinajstić information content (AvgIpc) is 3.49. The smallest absolute Gasteiger partial charge is 0.0461 e. The summed E-state index contributed by atoms with van der Waals surface area (Å²) in [6, 6.07) is 20.9. The number of nitrogens with zero attached hydrogens (tertiary/aromatic N) is 1. The first-order valence-electron chi connectivity index (χ1n) is 21.3. The first-order valence-corrected chi connectivity index (χ1v) is 21.3. The van der Waals surface area contributed by atoms with Crippen molar-refractivity contribution in [3.05, 3.63) is 268 Å². The molecule has 0 spiro atoms. The maximum atomic E-state index is 4.14. The Balaban J connectivity index is 1.30. The number of benzene rings is 3. The molecule has 4 aliphatic carbocycles. The highest BCUT2D eigenvalue weighted by molar-refractivity contribution is 5.82. The van der Waals surface area contributed by atoms with Crippen molar-refractivity contribution in [2.45, 2.75) is 72.1 Å². The lowest BCUT2D eigenvalue weighted by Gasteiger charge is -2.30. The minimum absolute atomic E-state index is 0.148. The molecule has 300 valence electrons. The second kappa shape index (κ2) is 18.2. The Labute approximate surface area is 360 Å². The summed E-state index contributed by atoms with van der Waals surface area (Å²) in [5.41, 5.74) is 22.0. The number of hydrogen-bond acceptors (Lipinski definition) is 1. The Morgan fingerprint density at radius 2 is 1.63 bits per heavy atom. The van der Waals surface area contributed by atoms with E-state index < -0.39 is 0 Å². The predicted molar refractivity (Wildman–Crippen MR) is 261 cm³/mol. The molecule has 0 aromatic heterocycles. The second-order valence-corrected chi connectivity index (χ2v) is 16.7. The third-order valence-electron chi connectivity index (χ3n) is 12.4. The molecule has 0 bridgehead atoms. The Kier molecular flexibility index (Phi) is 12.7. The Hall–Kier alpha value is -6.44. The summed E-state index contributed by atoms with van der Waals surface area (Å²) >= 11 is 0. The molecule has 0 fully saturated rings. The van der Waals surface area contributed by atoms with Crippen LogP contribution in [0.1, 0.15) is 80.3 Å². The van der Waals surface area contributed by atoms with Crippen molar-refractivity contribution in [1.82, 2.24) is 0 Å². The van der Waals surface area contributed by atoms with E-state index in [2.05, 4.69) is 193 Å². The fraction of sp³-hybridized carbons (Fsp3) is 0.186. The number of aryl methyl sites for hydroxylation is 1. The van der Waals surface area contributed by atoms with E-state index in [9.17, 15) is 0 Å². The Bertz CT molecular complexity index is 2600. The van der Waals surface area contributed by atoms with Gasteiger partial charge in [-0.2, -0.15) is 0 Å². The molecule has 0 N–H and O–H groups in total. The zero-order valence-corrected chi connectivity index (χ0v) is 36.4. The van der Waals surface area contributed by atoms with Crippen molar-refractivity contribution >= 4 is 5.69 Å². The van der Waals surface area contributed by atoms with E-state index in [4.69, 9.17) is 0 Å². The van der Waals surface area contributed by atoms with E-state index in [-0.39, 0.29) is 11.3 Å². The largest absolute Gasteiger partial charge is 0.311 e. The van der Waals surface area contributed by atoms with E-state index in [1.54, 1.807) is 6.08 Å².